The molecular formula is C13H12Cl2N2OS. The number of nitrogens with zero attached hydrogens (tertiary/aromatic N) is 2. The molecule has 0 saturated carbocycles. The van der Waals surface area contributed by atoms with Crippen LogP contribution in [0.25, 0.3) is 12.0 Å². The summed E-state index contributed by atoms with van der Waals surface area (Å²) < 4.78 is 7.53. The lowest BCUT2D eigenvalue weighted by molar-refractivity contribution is 0.350. The van der Waals surface area contributed by atoms with Gasteiger partial charge in [0.1, 0.15) is 11.7 Å². The first kappa shape index (κ1) is 14.3. The Balaban J connectivity index is 2.36. The first-order valence-electron chi connectivity index (χ1n) is 5.47. The van der Waals surface area contributed by atoms with E-state index in [0.29, 0.717) is 21.7 Å². The van der Waals surface area contributed by atoms with Crippen molar-refractivity contribution in [1.29, 1.82) is 0 Å². The molecule has 2 aromatic rings. The summed E-state index contributed by atoms with van der Waals surface area (Å²) in [6, 6.07) is 5.32. The number of hydrogen-bond donors (Lipinski definition) is 0. The van der Waals surface area contributed by atoms with Gasteiger partial charge in [0, 0.05) is 23.0 Å². The highest BCUT2D eigenvalue weighted by molar-refractivity contribution is 7.98. The summed E-state index contributed by atoms with van der Waals surface area (Å²) in [5.41, 5.74) is 0.800. The third-order valence-corrected chi connectivity index (χ3v) is 3.22. The van der Waals surface area contributed by atoms with Crippen molar-refractivity contribution in [2.24, 2.45) is 0 Å². The second kappa shape index (κ2) is 6.89. The van der Waals surface area contributed by atoms with Gasteiger partial charge in [-0.2, -0.15) is 0 Å². The van der Waals surface area contributed by atoms with Crippen LogP contribution in [0.1, 0.15) is 5.56 Å². The van der Waals surface area contributed by atoms with Crippen molar-refractivity contribution in [2.75, 3.05) is 12.2 Å². The summed E-state index contributed by atoms with van der Waals surface area (Å²) in [4.78, 5) is 3.99. The number of thioether (sulfide) groups is 1. The molecule has 100 valence electrons. The van der Waals surface area contributed by atoms with Gasteiger partial charge in [0.2, 0.25) is 0 Å². The lowest BCUT2D eigenvalue weighted by atomic mass is 10.2. The highest BCUT2D eigenvalue weighted by Crippen LogP contribution is 2.28. The zero-order chi connectivity index (χ0) is 13.7. The first-order valence-corrected chi connectivity index (χ1v) is 7.62. The lowest BCUT2D eigenvalue weighted by Crippen LogP contribution is -1.95. The fourth-order valence-electron chi connectivity index (χ4n) is 1.48. The van der Waals surface area contributed by atoms with Crippen molar-refractivity contribution in [1.82, 2.24) is 9.55 Å². The van der Waals surface area contributed by atoms with Crippen LogP contribution in [0.4, 0.5) is 0 Å². The average Bonchev–Trinajstić information content (AvgIpc) is 2.88. The van der Waals surface area contributed by atoms with Crippen molar-refractivity contribution in [3.8, 4) is 0 Å². The molecule has 0 unspecified atom stereocenters. The maximum Gasteiger partial charge on any atom is 0.145 e. The Hall–Kier alpha value is -1.10. The first-order chi connectivity index (χ1) is 9.20. The highest BCUT2D eigenvalue weighted by Gasteiger charge is 2.09. The van der Waals surface area contributed by atoms with Crippen LogP contribution in [0.15, 0.2) is 36.9 Å². The van der Waals surface area contributed by atoms with E-state index in [-0.39, 0.29) is 0 Å². The molecule has 0 atom stereocenters. The smallest absolute Gasteiger partial charge is 0.145 e. The minimum Gasteiger partial charge on any atom is -0.481 e. The molecule has 0 saturated heterocycles. The highest BCUT2D eigenvalue weighted by atomic mass is 35.5. The normalized spacial score (nSPS) is 11.6. The third kappa shape index (κ3) is 3.93. The van der Waals surface area contributed by atoms with E-state index < -0.39 is 0 Å². The summed E-state index contributed by atoms with van der Waals surface area (Å²) in [6.07, 6.45) is 9.02. The van der Waals surface area contributed by atoms with Gasteiger partial charge in [0.05, 0.1) is 17.5 Å². The SMILES string of the molecule is CSCOC(=Cn1ccnc1)c1ccc(Cl)cc1Cl. The maximum atomic E-state index is 6.21. The molecule has 1 aromatic carbocycles. The van der Waals surface area contributed by atoms with E-state index in [1.165, 1.54) is 0 Å². The van der Waals surface area contributed by atoms with E-state index in [9.17, 15) is 0 Å². The second-order valence-electron chi connectivity index (χ2n) is 3.68. The Morgan fingerprint density at radius 3 is 2.95 bits per heavy atom. The Morgan fingerprint density at radius 2 is 2.32 bits per heavy atom. The zero-order valence-corrected chi connectivity index (χ0v) is 12.5. The van der Waals surface area contributed by atoms with Crippen LogP contribution in [0.2, 0.25) is 10.0 Å². The van der Waals surface area contributed by atoms with Crippen LogP contribution in [-0.2, 0) is 4.74 Å². The lowest BCUT2D eigenvalue weighted by Gasteiger charge is -2.11. The molecule has 3 nitrogen and oxygen atoms in total. The third-order valence-electron chi connectivity index (χ3n) is 2.32. The van der Waals surface area contributed by atoms with Crippen LogP contribution < -0.4 is 0 Å². The largest absolute Gasteiger partial charge is 0.481 e. The predicted molar refractivity (Wildman–Crippen MR) is 82.3 cm³/mol. The van der Waals surface area contributed by atoms with E-state index in [1.54, 1.807) is 41.0 Å². The molecule has 0 aliphatic heterocycles. The Morgan fingerprint density at radius 1 is 1.47 bits per heavy atom. The monoisotopic (exact) mass is 314 g/mol. The molecule has 0 aliphatic rings. The van der Waals surface area contributed by atoms with E-state index in [2.05, 4.69) is 4.98 Å². The van der Waals surface area contributed by atoms with Gasteiger partial charge in [-0.05, 0) is 24.5 Å². The average molecular weight is 315 g/mol. The number of ether oxygens (including phenoxy) is 1. The number of benzene rings is 1. The molecule has 1 aromatic heterocycles. The molecule has 1 heterocycles. The fraction of sp³-hybridized carbons (Fsp3) is 0.154. The molecule has 0 aliphatic carbocycles. The van der Waals surface area contributed by atoms with Gasteiger partial charge in [0.15, 0.2) is 0 Å². The molecule has 0 fully saturated rings. The fourth-order valence-corrected chi connectivity index (χ4v) is 2.22. The van der Waals surface area contributed by atoms with Gasteiger partial charge in [-0.3, -0.25) is 0 Å². The predicted octanol–water partition coefficient (Wildman–Crippen LogP) is 4.48. The van der Waals surface area contributed by atoms with Crippen molar-refractivity contribution < 1.29 is 4.74 Å². The number of halogens is 2. The van der Waals surface area contributed by atoms with Gasteiger partial charge >= 0.3 is 0 Å². The molecular weight excluding hydrogens is 303 g/mol. The Labute approximate surface area is 126 Å². The topological polar surface area (TPSA) is 27.1 Å². The molecule has 2 rings (SSSR count). The maximum absolute atomic E-state index is 6.21. The van der Waals surface area contributed by atoms with Crippen LogP contribution in [0, 0.1) is 0 Å². The standard InChI is InChI=1S/C13H12Cl2N2OS/c1-19-9-18-13(7-17-5-4-16-8-17)11-3-2-10(14)6-12(11)15/h2-8H,9H2,1H3. The zero-order valence-electron chi connectivity index (χ0n) is 10.2. The van der Waals surface area contributed by atoms with Crippen LogP contribution >= 0.6 is 35.0 Å². The minimum atomic E-state index is 0.541. The van der Waals surface area contributed by atoms with E-state index in [0.717, 1.165) is 5.56 Å². The van der Waals surface area contributed by atoms with Gasteiger partial charge in [0.25, 0.3) is 0 Å². The van der Waals surface area contributed by atoms with Gasteiger partial charge < -0.3 is 9.30 Å². The van der Waals surface area contributed by atoms with Gasteiger partial charge in [-0.15, -0.1) is 11.8 Å². The Kier molecular flexibility index (Phi) is 5.19. The van der Waals surface area contributed by atoms with E-state index in [1.807, 2.05) is 24.7 Å². The van der Waals surface area contributed by atoms with Crippen LogP contribution in [-0.4, -0.2) is 21.7 Å². The van der Waals surface area contributed by atoms with Crippen LogP contribution in [0.3, 0.4) is 0 Å². The summed E-state index contributed by atoms with van der Waals surface area (Å²) in [5.74, 6) is 1.22. The number of hydrogen-bond acceptors (Lipinski definition) is 3. The number of rotatable bonds is 5. The number of aromatic nitrogens is 2. The van der Waals surface area contributed by atoms with Crippen molar-refractivity contribution in [3.05, 3.63) is 52.5 Å². The van der Waals surface area contributed by atoms with Gasteiger partial charge in [-0.1, -0.05) is 23.2 Å². The quantitative estimate of drug-likeness (QED) is 0.601. The van der Waals surface area contributed by atoms with Crippen LogP contribution in [0.5, 0.6) is 0 Å². The van der Waals surface area contributed by atoms with E-state index >= 15 is 0 Å². The number of imidazole rings is 1. The summed E-state index contributed by atoms with van der Waals surface area (Å²) >= 11 is 13.7. The molecule has 19 heavy (non-hydrogen) atoms. The Bertz CT molecular complexity index is 570. The van der Waals surface area contributed by atoms with Crippen molar-refractivity contribution >= 4 is 46.9 Å². The molecule has 0 amide bonds. The van der Waals surface area contributed by atoms with Gasteiger partial charge in [-0.25, -0.2) is 4.98 Å². The molecule has 0 radical (unpaired) electrons. The second-order valence-corrected chi connectivity index (χ2v) is 5.33. The van der Waals surface area contributed by atoms with Crippen molar-refractivity contribution in [2.45, 2.75) is 0 Å². The summed E-state index contributed by atoms with van der Waals surface area (Å²) in [7, 11) is 0. The molecule has 0 bridgehead atoms. The van der Waals surface area contributed by atoms with Crippen molar-refractivity contribution in [3.63, 3.8) is 0 Å². The molecule has 0 spiro atoms. The van der Waals surface area contributed by atoms with E-state index in [4.69, 9.17) is 27.9 Å². The minimum absolute atomic E-state index is 0.541. The molecule has 0 N–H and O–H groups in total. The molecule has 6 heteroatoms. The summed E-state index contributed by atoms with van der Waals surface area (Å²) in [5, 5.41) is 1.15. The summed E-state index contributed by atoms with van der Waals surface area (Å²) in [6.45, 7) is 0.